The molecule has 0 saturated heterocycles. The summed E-state index contributed by atoms with van der Waals surface area (Å²) < 4.78 is 10.7. The number of carbonyl (C=O) groups is 2. The van der Waals surface area contributed by atoms with Crippen LogP contribution in [0.25, 0.3) is 0 Å². The van der Waals surface area contributed by atoms with E-state index in [2.05, 4.69) is 0 Å². The lowest BCUT2D eigenvalue weighted by Gasteiger charge is -2.52. The molecule has 0 aromatic heterocycles. The average molecular weight is 282 g/mol. The summed E-state index contributed by atoms with van der Waals surface area (Å²) in [5, 5.41) is 0. The molecule has 0 N–H and O–H groups in total. The van der Waals surface area contributed by atoms with E-state index in [0.29, 0.717) is 13.2 Å². The molecule has 0 amide bonds. The molecule has 0 spiro atoms. The Morgan fingerprint density at radius 2 is 1.05 bits per heavy atom. The summed E-state index contributed by atoms with van der Waals surface area (Å²) in [6.07, 6.45) is 7.07. The molecule has 4 nitrogen and oxygen atoms in total. The van der Waals surface area contributed by atoms with Crippen molar-refractivity contribution in [1.82, 2.24) is 0 Å². The molecule has 2 rings (SSSR count). The minimum atomic E-state index is -0.633. The highest BCUT2D eigenvalue weighted by Gasteiger charge is 2.63. The zero-order chi connectivity index (χ0) is 14.6. The normalized spacial score (nSPS) is 33.1. The minimum Gasteiger partial charge on any atom is -0.466 e. The van der Waals surface area contributed by atoms with E-state index in [-0.39, 0.29) is 11.9 Å². The van der Waals surface area contributed by atoms with E-state index < -0.39 is 10.8 Å². The maximum atomic E-state index is 12.6. The van der Waals surface area contributed by atoms with Crippen molar-refractivity contribution >= 4 is 11.9 Å². The van der Waals surface area contributed by atoms with E-state index in [0.717, 1.165) is 51.4 Å². The van der Waals surface area contributed by atoms with Crippen molar-refractivity contribution in [3.8, 4) is 0 Å². The van der Waals surface area contributed by atoms with Gasteiger partial charge in [-0.2, -0.15) is 0 Å². The molecule has 2 fully saturated rings. The zero-order valence-corrected chi connectivity index (χ0v) is 12.7. The van der Waals surface area contributed by atoms with E-state index in [1.807, 2.05) is 13.8 Å². The summed E-state index contributed by atoms with van der Waals surface area (Å²) in [5.74, 6) is -0.347. The molecule has 2 aliphatic rings. The summed E-state index contributed by atoms with van der Waals surface area (Å²) in [6, 6.07) is 0. The first-order valence-corrected chi connectivity index (χ1v) is 7.97. The van der Waals surface area contributed by atoms with Gasteiger partial charge in [0.05, 0.1) is 24.0 Å². The van der Waals surface area contributed by atoms with E-state index in [4.69, 9.17) is 9.47 Å². The fraction of sp³-hybridized carbons (Fsp3) is 0.875. The fourth-order valence-electron chi connectivity index (χ4n) is 4.25. The van der Waals surface area contributed by atoms with Gasteiger partial charge in [0.15, 0.2) is 0 Å². The van der Waals surface area contributed by atoms with Crippen LogP contribution < -0.4 is 0 Å². The van der Waals surface area contributed by atoms with Crippen LogP contribution in [0, 0.1) is 10.8 Å². The maximum absolute atomic E-state index is 12.6. The van der Waals surface area contributed by atoms with Crippen LogP contribution in [-0.2, 0) is 19.1 Å². The van der Waals surface area contributed by atoms with Crippen molar-refractivity contribution in [2.75, 3.05) is 13.2 Å². The molecule has 0 aliphatic heterocycles. The lowest BCUT2D eigenvalue weighted by atomic mass is 9.50. The highest BCUT2D eigenvalue weighted by molar-refractivity contribution is 5.89. The molecule has 0 radical (unpaired) electrons. The van der Waals surface area contributed by atoms with Gasteiger partial charge in [0.1, 0.15) is 0 Å². The first kappa shape index (κ1) is 15.3. The van der Waals surface area contributed by atoms with E-state index in [1.54, 1.807) is 0 Å². The second kappa shape index (κ2) is 6.15. The van der Waals surface area contributed by atoms with Gasteiger partial charge in [-0.05, 0) is 39.5 Å². The van der Waals surface area contributed by atoms with E-state index in [9.17, 15) is 9.59 Å². The molecule has 0 aromatic rings. The summed E-state index contributed by atoms with van der Waals surface area (Å²) in [6.45, 7) is 4.40. The summed E-state index contributed by atoms with van der Waals surface area (Å²) in [7, 11) is 0. The zero-order valence-electron chi connectivity index (χ0n) is 12.7. The molecule has 4 heteroatoms. The van der Waals surface area contributed by atoms with Gasteiger partial charge in [0.2, 0.25) is 0 Å². The molecule has 0 heterocycles. The van der Waals surface area contributed by atoms with Crippen LogP contribution in [0.1, 0.15) is 65.2 Å². The standard InChI is InChI=1S/C16H26O4/c1-3-19-13(17)15-9-5-7-11-16(15,12-8-6-10-15)14(18)20-4-2/h3-12H2,1-2H3. The predicted octanol–water partition coefficient (Wildman–Crippen LogP) is 3.23. The number of rotatable bonds is 4. The second-order valence-electron chi connectivity index (χ2n) is 6.02. The van der Waals surface area contributed by atoms with Crippen LogP contribution in [-0.4, -0.2) is 25.2 Å². The van der Waals surface area contributed by atoms with Gasteiger partial charge < -0.3 is 9.47 Å². The Morgan fingerprint density at radius 1 is 0.750 bits per heavy atom. The highest BCUT2D eigenvalue weighted by Crippen LogP contribution is 2.60. The van der Waals surface area contributed by atoms with Crippen LogP contribution >= 0.6 is 0 Å². The molecule has 20 heavy (non-hydrogen) atoms. The molecule has 2 saturated carbocycles. The SMILES string of the molecule is CCOC(=O)C12CCCCC1(C(=O)OCC)CCCC2. The van der Waals surface area contributed by atoms with Crippen LogP contribution in [0.15, 0.2) is 0 Å². The Hall–Kier alpha value is -1.06. The highest BCUT2D eigenvalue weighted by atomic mass is 16.5. The number of hydrogen-bond acceptors (Lipinski definition) is 4. The van der Waals surface area contributed by atoms with Gasteiger partial charge in [0, 0.05) is 0 Å². The number of ether oxygens (including phenoxy) is 2. The van der Waals surface area contributed by atoms with Gasteiger partial charge in [-0.3, -0.25) is 9.59 Å². The third kappa shape index (κ3) is 2.23. The topological polar surface area (TPSA) is 52.6 Å². The molecular formula is C16H26O4. The van der Waals surface area contributed by atoms with E-state index in [1.165, 1.54) is 0 Å². The molecule has 0 bridgehead atoms. The lowest BCUT2D eigenvalue weighted by Crippen LogP contribution is -2.57. The molecular weight excluding hydrogens is 256 g/mol. The number of esters is 2. The van der Waals surface area contributed by atoms with Gasteiger partial charge in [-0.15, -0.1) is 0 Å². The minimum absolute atomic E-state index is 0.174. The van der Waals surface area contributed by atoms with Gasteiger partial charge in [-0.25, -0.2) is 0 Å². The smallest absolute Gasteiger partial charge is 0.313 e. The fourth-order valence-corrected chi connectivity index (χ4v) is 4.25. The monoisotopic (exact) mass is 282 g/mol. The van der Waals surface area contributed by atoms with Crippen molar-refractivity contribution in [3.05, 3.63) is 0 Å². The predicted molar refractivity (Wildman–Crippen MR) is 75.1 cm³/mol. The first-order valence-electron chi connectivity index (χ1n) is 7.97. The van der Waals surface area contributed by atoms with Crippen LogP contribution in [0.3, 0.4) is 0 Å². The average Bonchev–Trinajstić information content (AvgIpc) is 2.47. The third-order valence-electron chi connectivity index (χ3n) is 5.16. The number of hydrogen-bond donors (Lipinski definition) is 0. The Balaban J connectivity index is 2.39. The first-order chi connectivity index (χ1) is 9.63. The quantitative estimate of drug-likeness (QED) is 0.743. The van der Waals surface area contributed by atoms with Crippen molar-refractivity contribution in [2.24, 2.45) is 10.8 Å². The Kier molecular flexibility index (Phi) is 4.71. The third-order valence-corrected chi connectivity index (χ3v) is 5.16. The second-order valence-corrected chi connectivity index (χ2v) is 6.02. The number of carbonyl (C=O) groups excluding carboxylic acids is 2. The maximum Gasteiger partial charge on any atom is 0.313 e. The molecule has 0 aromatic carbocycles. The molecule has 0 unspecified atom stereocenters. The van der Waals surface area contributed by atoms with Gasteiger partial charge in [0.25, 0.3) is 0 Å². The van der Waals surface area contributed by atoms with Crippen molar-refractivity contribution in [2.45, 2.75) is 65.2 Å². The van der Waals surface area contributed by atoms with Gasteiger partial charge >= 0.3 is 11.9 Å². The molecule has 0 atom stereocenters. The Bertz CT molecular complexity index is 327. The molecule has 2 aliphatic carbocycles. The van der Waals surface area contributed by atoms with Crippen LogP contribution in [0.2, 0.25) is 0 Å². The van der Waals surface area contributed by atoms with Crippen LogP contribution in [0.4, 0.5) is 0 Å². The molecule has 114 valence electrons. The Morgan fingerprint density at radius 3 is 1.30 bits per heavy atom. The largest absolute Gasteiger partial charge is 0.466 e. The van der Waals surface area contributed by atoms with E-state index >= 15 is 0 Å². The van der Waals surface area contributed by atoms with Crippen LogP contribution in [0.5, 0.6) is 0 Å². The summed E-state index contributed by atoms with van der Waals surface area (Å²) in [5.41, 5.74) is -1.27. The van der Waals surface area contributed by atoms with Crippen molar-refractivity contribution < 1.29 is 19.1 Å². The van der Waals surface area contributed by atoms with Gasteiger partial charge in [-0.1, -0.05) is 25.7 Å². The summed E-state index contributed by atoms with van der Waals surface area (Å²) in [4.78, 5) is 25.3. The summed E-state index contributed by atoms with van der Waals surface area (Å²) >= 11 is 0. The lowest BCUT2D eigenvalue weighted by molar-refractivity contribution is -0.193. The van der Waals surface area contributed by atoms with Crippen molar-refractivity contribution in [3.63, 3.8) is 0 Å². The van der Waals surface area contributed by atoms with Crippen molar-refractivity contribution in [1.29, 1.82) is 0 Å². The number of fused-ring (bicyclic) bond motifs is 1. The Labute approximate surface area is 121 Å².